The molecule has 3 aromatic rings. The van der Waals surface area contributed by atoms with Crippen LogP contribution in [0.5, 0.6) is 5.75 Å². The lowest BCUT2D eigenvalue weighted by atomic mass is 10.1. The Hall–Kier alpha value is -2.60. The second-order valence-corrected chi connectivity index (χ2v) is 4.96. The molecule has 0 fully saturated rings. The van der Waals surface area contributed by atoms with Crippen LogP contribution in [0.15, 0.2) is 36.9 Å². The lowest BCUT2D eigenvalue weighted by molar-refractivity contribution is 0.475. The van der Waals surface area contributed by atoms with E-state index in [0.717, 1.165) is 11.3 Å². The molecule has 0 atom stereocenters. The van der Waals surface area contributed by atoms with E-state index in [1.807, 2.05) is 13.1 Å². The van der Waals surface area contributed by atoms with Crippen molar-refractivity contribution in [3.8, 4) is 22.8 Å². The monoisotopic (exact) mass is 301 g/mol. The summed E-state index contributed by atoms with van der Waals surface area (Å²) in [6.07, 6.45) is 4.95. The molecule has 21 heavy (non-hydrogen) atoms. The minimum Gasteiger partial charge on any atom is -0.506 e. The highest BCUT2D eigenvalue weighted by Gasteiger charge is 2.13. The first-order valence-electron chi connectivity index (χ1n) is 6.17. The predicted octanol–water partition coefficient (Wildman–Crippen LogP) is 2.58. The number of nitrogen functional groups attached to an aromatic ring is 1. The zero-order valence-corrected chi connectivity index (χ0v) is 11.9. The van der Waals surface area contributed by atoms with Crippen LogP contribution in [-0.4, -0.2) is 24.6 Å². The van der Waals surface area contributed by atoms with Crippen LogP contribution >= 0.6 is 11.6 Å². The van der Waals surface area contributed by atoms with Crippen LogP contribution in [0.1, 0.15) is 5.69 Å². The number of hydrogen-bond acceptors (Lipinski definition) is 5. The van der Waals surface area contributed by atoms with Crippen molar-refractivity contribution in [1.29, 1.82) is 0 Å². The first kappa shape index (κ1) is 13.4. The smallest absolute Gasteiger partial charge is 0.166 e. The van der Waals surface area contributed by atoms with Crippen molar-refractivity contribution in [1.82, 2.24) is 19.5 Å². The third kappa shape index (κ3) is 2.53. The second kappa shape index (κ2) is 5.06. The van der Waals surface area contributed by atoms with Gasteiger partial charge in [-0.2, -0.15) is 0 Å². The third-order valence-corrected chi connectivity index (χ3v) is 3.25. The van der Waals surface area contributed by atoms with Crippen molar-refractivity contribution in [2.24, 2.45) is 0 Å². The summed E-state index contributed by atoms with van der Waals surface area (Å²) >= 11 is 5.96. The molecular formula is C14H12ClN5O. The van der Waals surface area contributed by atoms with Gasteiger partial charge in [-0.05, 0) is 25.1 Å². The van der Waals surface area contributed by atoms with Gasteiger partial charge in [-0.15, -0.1) is 0 Å². The Morgan fingerprint density at radius 3 is 2.76 bits per heavy atom. The molecule has 7 heteroatoms. The van der Waals surface area contributed by atoms with E-state index in [-0.39, 0.29) is 10.8 Å². The first-order chi connectivity index (χ1) is 10.0. The van der Waals surface area contributed by atoms with Crippen molar-refractivity contribution < 1.29 is 5.11 Å². The average molecular weight is 302 g/mol. The summed E-state index contributed by atoms with van der Waals surface area (Å²) in [6.45, 7) is 1.88. The topological polar surface area (TPSA) is 89.9 Å². The molecule has 1 aromatic carbocycles. The highest BCUT2D eigenvalue weighted by atomic mass is 35.5. The van der Waals surface area contributed by atoms with E-state index in [0.29, 0.717) is 17.3 Å². The fraction of sp³-hybridized carbons (Fsp3) is 0.0714. The fourth-order valence-corrected chi connectivity index (χ4v) is 2.15. The van der Waals surface area contributed by atoms with E-state index < -0.39 is 0 Å². The van der Waals surface area contributed by atoms with Crippen molar-refractivity contribution in [2.45, 2.75) is 6.92 Å². The number of phenolic OH excluding ortho intramolecular Hbond substituents is 1. The number of halogens is 1. The number of nitrogens with two attached hydrogens (primary N) is 1. The van der Waals surface area contributed by atoms with Crippen LogP contribution < -0.4 is 5.73 Å². The number of rotatable bonds is 2. The number of anilines is 1. The Bertz CT molecular complexity index is 815. The van der Waals surface area contributed by atoms with Gasteiger partial charge in [0.2, 0.25) is 0 Å². The number of aryl methyl sites for hydroxylation is 1. The molecular weight excluding hydrogens is 290 g/mol. The molecule has 3 N–H and O–H groups in total. The molecule has 2 heterocycles. The van der Waals surface area contributed by atoms with Gasteiger partial charge in [-0.25, -0.2) is 15.0 Å². The molecule has 0 aliphatic carbocycles. The van der Waals surface area contributed by atoms with Gasteiger partial charge in [-0.1, -0.05) is 11.6 Å². The maximum atomic E-state index is 9.52. The SMILES string of the molecule is Cc1cn(-c2nc(N)cnc2-c2ccc(O)c(Cl)c2)cn1. The zero-order chi connectivity index (χ0) is 15.0. The molecule has 0 aliphatic rings. The molecule has 0 aliphatic heterocycles. The second-order valence-electron chi connectivity index (χ2n) is 4.56. The number of hydrogen-bond donors (Lipinski definition) is 2. The number of aromatic nitrogens is 4. The average Bonchev–Trinajstić information content (AvgIpc) is 2.88. The summed E-state index contributed by atoms with van der Waals surface area (Å²) in [5.74, 6) is 0.881. The molecule has 0 unspecified atom stereocenters. The Kier molecular flexibility index (Phi) is 3.23. The lowest BCUT2D eigenvalue weighted by Crippen LogP contribution is -2.03. The van der Waals surface area contributed by atoms with Crippen molar-refractivity contribution in [3.05, 3.63) is 47.6 Å². The Morgan fingerprint density at radius 1 is 1.29 bits per heavy atom. The summed E-state index contributed by atoms with van der Waals surface area (Å²) in [5, 5.41) is 9.77. The zero-order valence-electron chi connectivity index (χ0n) is 11.2. The normalized spacial score (nSPS) is 10.8. The predicted molar refractivity (Wildman–Crippen MR) is 80.4 cm³/mol. The van der Waals surface area contributed by atoms with Crippen LogP contribution in [-0.2, 0) is 0 Å². The summed E-state index contributed by atoms with van der Waals surface area (Å²) < 4.78 is 1.74. The molecule has 0 saturated heterocycles. The third-order valence-electron chi connectivity index (χ3n) is 2.95. The van der Waals surface area contributed by atoms with Gasteiger partial charge in [0.15, 0.2) is 5.82 Å². The Morgan fingerprint density at radius 2 is 2.10 bits per heavy atom. The van der Waals surface area contributed by atoms with E-state index in [2.05, 4.69) is 15.0 Å². The molecule has 106 valence electrons. The van der Waals surface area contributed by atoms with Gasteiger partial charge in [0.1, 0.15) is 23.6 Å². The van der Waals surface area contributed by atoms with Gasteiger partial charge in [0.05, 0.1) is 16.9 Å². The van der Waals surface area contributed by atoms with Gasteiger partial charge in [0, 0.05) is 11.8 Å². The van der Waals surface area contributed by atoms with Gasteiger partial charge >= 0.3 is 0 Å². The number of nitrogens with zero attached hydrogens (tertiary/aromatic N) is 4. The number of phenols is 1. The maximum absolute atomic E-state index is 9.52. The molecule has 0 amide bonds. The van der Waals surface area contributed by atoms with Crippen LogP contribution in [0.3, 0.4) is 0 Å². The molecule has 2 aromatic heterocycles. The number of benzene rings is 1. The van der Waals surface area contributed by atoms with Crippen LogP contribution in [0.4, 0.5) is 5.82 Å². The summed E-state index contributed by atoms with van der Waals surface area (Å²) in [7, 11) is 0. The summed E-state index contributed by atoms with van der Waals surface area (Å²) in [5.41, 5.74) is 7.91. The van der Waals surface area contributed by atoms with Gasteiger partial charge < -0.3 is 10.8 Å². The van der Waals surface area contributed by atoms with Crippen LogP contribution in [0.25, 0.3) is 17.1 Å². The van der Waals surface area contributed by atoms with E-state index in [1.165, 1.54) is 12.3 Å². The van der Waals surface area contributed by atoms with E-state index in [1.54, 1.807) is 23.0 Å². The quantitative estimate of drug-likeness (QED) is 0.759. The molecule has 0 saturated carbocycles. The summed E-state index contributed by atoms with van der Waals surface area (Å²) in [6, 6.07) is 4.86. The molecule has 6 nitrogen and oxygen atoms in total. The van der Waals surface area contributed by atoms with Crippen molar-refractivity contribution >= 4 is 17.4 Å². The minimum absolute atomic E-state index is 0.0175. The van der Waals surface area contributed by atoms with Gasteiger partial charge in [-0.3, -0.25) is 4.57 Å². The molecule has 0 radical (unpaired) electrons. The van der Waals surface area contributed by atoms with Crippen molar-refractivity contribution in [2.75, 3.05) is 5.73 Å². The van der Waals surface area contributed by atoms with E-state index in [4.69, 9.17) is 17.3 Å². The number of aromatic hydroxyl groups is 1. The Labute approximate surface area is 125 Å². The summed E-state index contributed by atoms with van der Waals surface area (Å²) in [4.78, 5) is 12.8. The lowest BCUT2D eigenvalue weighted by Gasteiger charge is -2.10. The van der Waals surface area contributed by atoms with Gasteiger partial charge in [0.25, 0.3) is 0 Å². The minimum atomic E-state index is 0.0175. The molecule has 3 rings (SSSR count). The van der Waals surface area contributed by atoms with E-state index >= 15 is 0 Å². The van der Waals surface area contributed by atoms with Crippen LogP contribution in [0.2, 0.25) is 5.02 Å². The molecule has 0 bridgehead atoms. The fourth-order valence-electron chi connectivity index (χ4n) is 1.97. The number of imidazole rings is 1. The highest BCUT2D eigenvalue weighted by Crippen LogP contribution is 2.31. The highest BCUT2D eigenvalue weighted by molar-refractivity contribution is 6.32. The van der Waals surface area contributed by atoms with Crippen molar-refractivity contribution in [3.63, 3.8) is 0 Å². The maximum Gasteiger partial charge on any atom is 0.166 e. The largest absolute Gasteiger partial charge is 0.506 e. The first-order valence-corrected chi connectivity index (χ1v) is 6.55. The van der Waals surface area contributed by atoms with E-state index in [9.17, 15) is 5.11 Å². The Balaban J connectivity index is 2.20. The molecule has 0 spiro atoms. The standard InChI is InChI=1S/C14H12ClN5O/c1-8-6-20(7-18-8)14-13(17-5-12(16)19-14)9-2-3-11(21)10(15)4-9/h2-7,21H,1H3,(H2,16,19). The van der Waals surface area contributed by atoms with Crippen LogP contribution in [0, 0.1) is 6.92 Å².